The zero-order valence-corrected chi connectivity index (χ0v) is 10.8. The standard InChI is InChI=1S/C15H17N3O/c1-10-4-6-11(7-5-10)12-9-13(18-15(16)17-12)14-3-2-8-19-14/h2-8,12-13H,9H2,1H3,(H3,16,17,18). The van der Waals surface area contributed by atoms with Crippen LogP contribution in [0.4, 0.5) is 0 Å². The maximum atomic E-state index is 5.89. The molecule has 2 atom stereocenters. The van der Waals surface area contributed by atoms with Crippen molar-refractivity contribution in [2.45, 2.75) is 25.4 Å². The Balaban J connectivity index is 1.86. The van der Waals surface area contributed by atoms with Gasteiger partial charge in [0.15, 0.2) is 5.96 Å². The molecular weight excluding hydrogens is 238 g/mol. The number of nitrogens with one attached hydrogen (secondary N) is 1. The van der Waals surface area contributed by atoms with Crippen molar-refractivity contribution < 1.29 is 4.42 Å². The van der Waals surface area contributed by atoms with Crippen LogP contribution >= 0.6 is 0 Å². The Bertz CT molecular complexity index is 572. The zero-order chi connectivity index (χ0) is 13.2. The van der Waals surface area contributed by atoms with E-state index >= 15 is 0 Å². The number of nitrogens with two attached hydrogens (primary N) is 1. The average molecular weight is 255 g/mol. The third-order valence-electron chi connectivity index (χ3n) is 3.42. The summed E-state index contributed by atoms with van der Waals surface area (Å²) in [6.07, 6.45) is 2.52. The zero-order valence-electron chi connectivity index (χ0n) is 10.8. The van der Waals surface area contributed by atoms with Crippen LogP contribution in [0.1, 0.15) is 35.4 Å². The molecule has 0 spiro atoms. The highest BCUT2D eigenvalue weighted by Crippen LogP contribution is 2.32. The molecule has 2 aromatic rings. The Hall–Kier alpha value is -2.23. The number of aryl methyl sites for hydroxylation is 1. The van der Waals surface area contributed by atoms with Crippen molar-refractivity contribution in [1.29, 1.82) is 0 Å². The minimum atomic E-state index is 0.0805. The van der Waals surface area contributed by atoms with E-state index in [4.69, 9.17) is 10.2 Å². The quantitative estimate of drug-likeness (QED) is 0.867. The fourth-order valence-electron chi connectivity index (χ4n) is 2.39. The fourth-order valence-corrected chi connectivity index (χ4v) is 2.39. The van der Waals surface area contributed by atoms with Crippen molar-refractivity contribution in [3.05, 3.63) is 59.5 Å². The van der Waals surface area contributed by atoms with Crippen molar-refractivity contribution in [3.8, 4) is 0 Å². The summed E-state index contributed by atoms with van der Waals surface area (Å²) < 4.78 is 5.45. The van der Waals surface area contributed by atoms with Gasteiger partial charge in [0.2, 0.25) is 0 Å². The average Bonchev–Trinajstić information content (AvgIpc) is 2.93. The van der Waals surface area contributed by atoms with E-state index in [1.807, 2.05) is 12.1 Å². The molecule has 0 saturated heterocycles. The number of hydrogen-bond donors (Lipinski definition) is 2. The second-order valence-corrected chi connectivity index (χ2v) is 4.89. The summed E-state index contributed by atoms with van der Waals surface area (Å²) in [5.74, 6) is 1.37. The van der Waals surface area contributed by atoms with Crippen LogP contribution in [0, 0.1) is 6.92 Å². The number of rotatable bonds is 2. The second kappa shape index (κ2) is 4.80. The summed E-state index contributed by atoms with van der Waals surface area (Å²) in [5, 5.41) is 3.16. The first kappa shape index (κ1) is 11.8. The van der Waals surface area contributed by atoms with Crippen LogP contribution in [-0.4, -0.2) is 5.96 Å². The predicted molar refractivity (Wildman–Crippen MR) is 74.7 cm³/mol. The van der Waals surface area contributed by atoms with Gasteiger partial charge in [0.25, 0.3) is 0 Å². The molecule has 0 saturated carbocycles. The SMILES string of the molecule is Cc1ccc(C2CC(c3ccco3)NC(N)=N2)cc1. The summed E-state index contributed by atoms with van der Waals surface area (Å²) in [7, 11) is 0. The maximum Gasteiger partial charge on any atom is 0.189 e. The number of hydrogen-bond acceptors (Lipinski definition) is 4. The third kappa shape index (κ3) is 2.47. The Morgan fingerprint density at radius 2 is 2.05 bits per heavy atom. The van der Waals surface area contributed by atoms with E-state index in [0.29, 0.717) is 5.96 Å². The molecule has 2 heterocycles. The van der Waals surface area contributed by atoms with Gasteiger partial charge in [-0.15, -0.1) is 0 Å². The van der Waals surface area contributed by atoms with E-state index in [1.54, 1.807) is 6.26 Å². The number of nitrogens with zero attached hydrogens (tertiary/aromatic N) is 1. The van der Waals surface area contributed by atoms with Crippen LogP contribution < -0.4 is 11.1 Å². The highest BCUT2D eigenvalue weighted by atomic mass is 16.3. The molecule has 0 amide bonds. The highest BCUT2D eigenvalue weighted by Gasteiger charge is 2.25. The number of benzene rings is 1. The lowest BCUT2D eigenvalue weighted by atomic mass is 9.96. The minimum Gasteiger partial charge on any atom is -0.467 e. The molecule has 2 unspecified atom stereocenters. The van der Waals surface area contributed by atoms with Gasteiger partial charge >= 0.3 is 0 Å². The van der Waals surface area contributed by atoms with Crippen molar-refractivity contribution in [1.82, 2.24) is 5.32 Å². The van der Waals surface area contributed by atoms with Gasteiger partial charge < -0.3 is 15.5 Å². The van der Waals surface area contributed by atoms with Gasteiger partial charge in [-0.3, -0.25) is 0 Å². The number of aliphatic imine (C=N–C) groups is 1. The van der Waals surface area contributed by atoms with Gasteiger partial charge in [-0.05, 0) is 24.6 Å². The molecule has 1 aliphatic rings. The van der Waals surface area contributed by atoms with Crippen LogP contribution in [-0.2, 0) is 0 Å². The van der Waals surface area contributed by atoms with Crippen molar-refractivity contribution in [2.24, 2.45) is 10.7 Å². The molecule has 0 radical (unpaired) electrons. The second-order valence-electron chi connectivity index (χ2n) is 4.89. The predicted octanol–water partition coefficient (Wildman–Crippen LogP) is 2.68. The summed E-state index contributed by atoms with van der Waals surface area (Å²) in [4.78, 5) is 4.48. The molecule has 3 rings (SSSR count). The molecule has 1 aliphatic heterocycles. The number of furan rings is 1. The lowest BCUT2D eigenvalue weighted by molar-refractivity contribution is 0.395. The van der Waals surface area contributed by atoms with E-state index in [-0.39, 0.29) is 12.1 Å². The van der Waals surface area contributed by atoms with Gasteiger partial charge in [-0.25, -0.2) is 4.99 Å². The Kier molecular flexibility index (Phi) is 2.99. The minimum absolute atomic E-state index is 0.0805. The van der Waals surface area contributed by atoms with Crippen molar-refractivity contribution in [3.63, 3.8) is 0 Å². The summed E-state index contributed by atoms with van der Waals surface area (Å²) in [5.41, 5.74) is 8.32. The summed E-state index contributed by atoms with van der Waals surface area (Å²) in [6.45, 7) is 2.08. The van der Waals surface area contributed by atoms with E-state index in [1.165, 1.54) is 11.1 Å². The Labute approximate surface area is 112 Å². The van der Waals surface area contributed by atoms with Crippen LogP contribution in [0.2, 0.25) is 0 Å². The lowest BCUT2D eigenvalue weighted by Crippen LogP contribution is -2.39. The Morgan fingerprint density at radius 3 is 2.74 bits per heavy atom. The molecule has 98 valence electrons. The van der Waals surface area contributed by atoms with Crippen molar-refractivity contribution in [2.75, 3.05) is 0 Å². The van der Waals surface area contributed by atoms with Crippen LogP contribution in [0.3, 0.4) is 0 Å². The lowest BCUT2D eigenvalue weighted by Gasteiger charge is -2.27. The smallest absolute Gasteiger partial charge is 0.189 e. The van der Waals surface area contributed by atoms with E-state index in [2.05, 4.69) is 41.5 Å². The van der Waals surface area contributed by atoms with Crippen LogP contribution in [0.5, 0.6) is 0 Å². The first-order valence-electron chi connectivity index (χ1n) is 6.42. The highest BCUT2D eigenvalue weighted by molar-refractivity contribution is 5.79. The van der Waals surface area contributed by atoms with E-state index in [9.17, 15) is 0 Å². The molecule has 0 bridgehead atoms. The van der Waals surface area contributed by atoms with Gasteiger partial charge in [0.05, 0.1) is 18.3 Å². The maximum absolute atomic E-state index is 5.89. The normalized spacial score (nSPS) is 22.7. The molecule has 4 heteroatoms. The van der Waals surface area contributed by atoms with Gasteiger partial charge in [0, 0.05) is 6.42 Å². The molecular formula is C15H17N3O. The first-order valence-corrected chi connectivity index (χ1v) is 6.42. The third-order valence-corrected chi connectivity index (χ3v) is 3.42. The molecule has 1 aromatic carbocycles. The van der Waals surface area contributed by atoms with Gasteiger partial charge in [-0.1, -0.05) is 29.8 Å². The van der Waals surface area contributed by atoms with E-state index in [0.717, 1.165) is 12.2 Å². The topological polar surface area (TPSA) is 63.5 Å². The summed E-state index contributed by atoms with van der Waals surface area (Å²) in [6, 6.07) is 12.4. The van der Waals surface area contributed by atoms with E-state index < -0.39 is 0 Å². The monoisotopic (exact) mass is 255 g/mol. The molecule has 19 heavy (non-hydrogen) atoms. The van der Waals surface area contributed by atoms with Crippen molar-refractivity contribution >= 4 is 5.96 Å². The fraction of sp³-hybridized carbons (Fsp3) is 0.267. The largest absolute Gasteiger partial charge is 0.467 e. The molecule has 4 nitrogen and oxygen atoms in total. The Morgan fingerprint density at radius 1 is 1.26 bits per heavy atom. The van der Waals surface area contributed by atoms with Crippen LogP contribution in [0.25, 0.3) is 0 Å². The first-order chi connectivity index (χ1) is 9.22. The van der Waals surface area contributed by atoms with Gasteiger partial charge in [0.1, 0.15) is 5.76 Å². The van der Waals surface area contributed by atoms with Gasteiger partial charge in [-0.2, -0.15) is 0 Å². The number of guanidine groups is 1. The summed E-state index contributed by atoms with van der Waals surface area (Å²) >= 11 is 0. The van der Waals surface area contributed by atoms with Crippen LogP contribution in [0.15, 0.2) is 52.1 Å². The molecule has 3 N–H and O–H groups in total. The molecule has 1 aromatic heterocycles. The molecule has 0 aliphatic carbocycles. The molecule has 0 fully saturated rings.